The maximum absolute atomic E-state index is 11.9. The minimum Gasteiger partial charge on any atom is -0.338 e. The van der Waals surface area contributed by atoms with Crippen molar-refractivity contribution < 1.29 is 4.79 Å². The van der Waals surface area contributed by atoms with Crippen molar-refractivity contribution in [2.45, 2.75) is 18.8 Å². The van der Waals surface area contributed by atoms with Crippen LogP contribution in [-0.2, 0) is 0 Å². The third kappa shape index (κ3) is 1.56. The zero-order valence-corrected chi connectivity index (χ0v) is 8.44. The third-order valence-corrected chi connectivity index (χ3v) is 2.90. The van der Waals surface area contributed by atoms with Gasteiger partial charge in [0.1, 0.15) is 11.5 Å². The molecule has 1 fully saturated rings. The van der Waals surface area contributed by atoms with E-state index in [9.17, 15) is 4.79 Å². The Labute approximate surface area is 88.0 Å². The zero-order chi connectivity index (χ0) is 10.3. The van der Waals surface area contributed by atoms with Crippen molar-refractivity contribution in [3.63, 3.8) is 0 Å². The molecule has 1 N–H and O–H groups in total. The summed E-state index contributed by atoms with van der Waals surface area (Å²) in [5, 5.41) is 0. The summed E-state index contributed by atoms with van der Waals surface area (Å²) in [7, 11) is 0. The van der Waals surface area contributed by atoms with Gasteiger partial charge in [-0.25, -0.2) is 4.98 Å². The first kappa shape index (κ1) is 8.71. The SMILES string of the molecule is O=C(c1cnc(C2CC2)[nH]1)N1CC=CC1. The second-order valence-electron chi connectivity index (χ2n) is 4.14. The monoisotopic (exact) mass is 203 g/mol. The van der Waals surface area contributed by atoms with Gasteiger partial charge in [0.25, 0.3) is 5.91 Å². The van der Waals surface area contributed by atoms with E-state index >= 15 is 0 Å². The Kier molecular flexibility index (Phi) is 1.87. The van der Waals surface area contributed by atoms with Crippen LogP contribution in [0.5, 0.6) is 0 Å². The molecule has 0 bridgehead atoms. The van der Waals surface area contributed by atoms with E-state index in [1.54, 1.807) is 11.1 Å². The molecule has 1 amide bonds. The van der Waals surface area contributed by atoms with E-state index in [1.807, 2.05) is 12.2 Å². The average molecular weight is 203 g/mol. The molecule has 4 nitrogen and oxygen atoms in total. The number of amides is 1. The molecule has 1 aliphatic heterocycles. The number of rotatable bonds is 2. The summed E-state index contributed by atoms with van der Waals surface area (Å²) in [6, 6.07) is 0. The fraction of sp³-hybridized carbons (Fsp3) is 0.455. The van der Waals surface area contributed by atoms with Crippen LogP contribution in [0.1, 0.15) is 35.1 Å². The van der Waals surface area contributed by atoms with Crippen LogP contribution in [0.25, 0.3) is 0 Å². The number of carbonyl (C=O) groups excluding carboxylic acids is 1. The fourth-order valence-corrected chi connectivity index (χ4v) is 1.82. The first-order valence-electron chi connectivity index (χ1n) is 5.34. The molecule has 1 aromatic rings. The molecule has 0 aromatic carbocycles. The van der Waals surface area contributed by atoms with Gasteiger partial charge in [-0.2, -0.15) is 0 Å². The van der Waals surface area contributed by atoms with Crippen LogP contribution in [0.2, 0.25) is 0 Å². The van der Waals surface area contributed by atoms with E-state index in [0.717, 1.165) is 18.9 Å². The molecule has 0 atom stereocenters. The maximum atomic E-state index is 11.9. The van der Waals surface area contributed by atoms with Crippen LogP contribution >= 0.6 is 0 Å². The van der Waals surface area contributed by atoms with E-state index in [2.05, 4.69) is 9.97 Å². The molecule has 4 heteroatoms. The number of nitrogens with zero attached hydrogens (tertiary/aromatic N) is 2. The molecule has 0 spiro atoms. The van der Waals surface area contributed by atoms with Crippen LogP contribution in [-0.4, -0.2) is 33.9 Å². The van der Waals surface area contributed by atoms with E-state index in [1.165, 1.54) is 12.8 Å². The van der Waals surface area contributed by atoms with Gasteiger partial charge in [-0.1, -0.05) is 12.2 Å². The highest BCUT2D eigenvalue weighted by molar-refractivity contribution is 5.92. The summed E-state index contributed by atoms with van der Waals surface area (Å²) >= 11 is 0. The normalized spacial score (nSPS) is 19.9. The Hall–Kier alpha value is -1.58. The van der Waals surface area contributed by atoms with E-state index in [-0.39, 0.29) is 5.91 Å². The molecule has 1 aliphatic carbocycles. The first-order chi connectivity index (χ1) is 7.34. The Morgan fingerprint density at radius 1 is 1.40 bits per heavy atom. The quantitative estimate of drug-likeness (QED) is 0.736. The van der Waals surface area contributed by atoms with Gasteiger partial charge in [-0.05, 0) is 12.8 Å². The first-order valence-corrected chi connectivity index (χ1v) is 5.34. The molecule has 15 heavy (non-hydrogen) atoms. The van der Waals surface area contributed by atoms with Crippen LogP contribution in [0.15, 0.2) is 18.3 Å². The Bertz CT molecular complexity index is 409. The van der Waals surface area contributed by atoms with Gasteiger partial charge < -0.3 is 9.88 Å². The number of H-pyrrole nitrogens is 1. The highest BCUT2D eigenvalue weighted by Gasteiger charge is 2.28. The number of aromatic nitrogens is 2. The highest BCUT2D eigenvalue weighted by atomic mass is 16.2. The van der Waals surface area contributed by atoms with Gasteiger partial charge in [0.05, 0.1) is 6.20 Å². The summed E-state index contributed by atoms with van der Waals surface area (Å²) in [6.07, 6.45) is 8.08. The fourth-order valence-electron chi connectivity index (χ4n) is 1.82. The Balaban J connectivity index is 1.76. The predicted molar refractivity (Wildman–Crippen MR) is 55.6 cm³/mol. The highest BCUT2D eigenvalue weighted by Crippen LogP contribution is 2.38. The lowest BCUT2D eigenvalue weighted by molar-refractivity contribution is 0.0794. The number of aromatic amines is 1. The van der Waals surface area contributed by atoms with Crippen LogP contribution in [0.4, 0.5) is 0 Å². The van der Waals surface area contributed by atoms with Crippen molar-refractivity contribution in [1.29, 1.82) is 0 Å². The standard InChI is InChI=1S/C11H13N3O/c15-11(14-5-1-2-6-14)9-7-12-10(13-9)8-3-4-8/h1-2,7-8H,3-6H2,(H,12,13). The van der Waals surface area contributed by atoms with Crippen molar-refractivity contribution in [2.24, 2.45) is 0 Å². The molecule has 1 saturated carbocycles. The molecule has 1 aromatic heterocycles. The van der Waals surface area contributed by atoms with Gasteiger partial charge >= 0.3 is 0 Å². The van der Waals surface area contributed by atoms with Crippen molar-refractivity contribution in [2.75, 3.05) is 13.1 Å². The second kappa shape index (κ2) is 3.22. The summed E-state index contributed by atoms with van der Waals surface area (Å²) in [5.41, 5.74) is 0.626. The Morgan fingerprint density at radius 2 is 2.13 bits per heavy atom. The maximum Gasteiger partial charge on any atom is 0.272 e. The lowest BCUT2D eigenvalue weighted by Gasteiger charge is -2.13. The zero-order valence-electron chi connectivity index (χ0n) is 8.44. The molecule has 3 rings (SSSR count). The molecule has 2 heterocycles. The third-order valence-electron chi connectivity index (χ3n) is 2.90. The van der Waals surface area contributed by atoms with Gasteiger partial charge in [0.15, 0.2) is 0 Å². The van der Waals surface area contributed by atoms with Gasteiger partial charge in [-0.15, -0.1) is 0 Å². The van der Waals surface area contributed by atoms with Crippen molar-refractivity contribution in [3.8, 4) is 0 Å². The van der Waals surface area contributed by atoms with Gasteiger partial charge in [-0.3, -0.25) is 4.79 Å². The van der Waals surface area contributed by atoms with E-state index in [0.29, 0.717) is 11.6 Å². The average Bonchev–Trinajstić information content (AvgIpc) is 2.83. The Morgan fingerprint density at radius 3 is 2.80 bits per heavy atom. The van der Waals surface area contributed by atoms with Crippen LogP contribution in [0, 0.1) is 0 Å². The number of hydrogen-bond acceptors (Lipinski definition) is 2. The lowest BCUT2D eigenvalue weighted by Crippen LogP contribution is -2.28. The molecule has 0 radical (unpaired) electrons. The van der Waals surface area contributed by atoms with Crippen molar-refractivity contribution >= 4 is 5.91 Å². The molecular weight excluding hydrogens is 190 g/mol. The second-order valence-corrected chi connectivity index (χ2v) is 4.14. The molecule has 78 valence electrons. The van der Waals surface area contributed by atoms with Crippen molar-refractivity contribution in [1.82, 2.24) is 14.9 Å². The summed E-state index contributed by atoms with van der Waals surface area (Å²) in [4.78, 5) is 21.1. The molecule has 0 unspecified atom stereocenters. The molecular formula is C11H13N3O. The predicted octanol–water partition coefficient (Wildman–Crippen LogP) is 1.30. The van der Waals surface area contributed by atoms with Gasteiger partial charge in [0, 0.05) is 19.0 Å². The van der Waals surface area contributed by atoms with Gasteiger partial charge in [0.2, 0.25) is 0 Å². The summed E-state index contributed by atoms with van der Waals surface area (Å²) in [6.45, 7) is 1.44. The van der Waals surface area contributed by atoms with Crippen LogP contribution < -0.4 is 0 Å². The largest absolute Gasteiger partial charge is 0.338 e. The summed E-state index contributed by atoms with van der Waals surface area (Å²) < 4.78 is 0. The lowest BCUT2D eigenvalue weighted by atomic mass is 10.4. The molecule has 2 aliphatic rings. The summed E-state index contributed by atoms with van der Waals surface area (Å²) in [5.74, 6) is 1.60. The van der Waals surface area contributed by atoms with Crippen LogP contribution in [0.3, 0.4) is 0 Å². The number of nitrogens with one attached hydrogen (secondary N) is 1. The smallest absolute Gasteiger partial charge is 0.272 e. The number of hydrogen-bond donors (Lipinski definition) is 1. The minimum absolute atomic E-state index is 0.0550. The topological polar surface area (TPSA) is 49.0 Å². The number of carbonyl (C=O) groups is 1. The molecule has 0 saturated heterocycles. The number of imidazole rings is 1. The van der Waals surface area contributed by atoms with E-state index in [4.69, 9.17) is 0 Å². The van der Waals surface area contributed by atoms with E-state index < -0.39 is 0 Å². The van der Waals surface area contributed by atoms with Crippen molar-refractivity contribution in [3.05, 3.63) is 29.9 Å². The minimum atomic E-state index is 0.0550.